The maximum atomic E-state index is 11.6. The number of pyridine rings is 1. The van der Waals surface area contributed by atoms with Gasteiger partial charge < -0.3 is 15.8 Å². The fourth-order valence-electron chi connectivity index (χ4n) is 2.60. The fourth-order valence-corrected chi connectivity index (χ4v) is 2.60. The zero-order valence-corrected chi connectivity index (χ0v) is 11.5. The molecule has 0 radical (unpaired) electrons. The highest BCUT2D eigenvalue weighted by Crippen LogP contribution is 2.33. The summed E-state index contributed by atoms with van der Waals surface area (Å²) < 4.78 is 4.71. The Kier molecular flexibility index (Phi) is 3.93. The molecule has 0 amide bonds. The van der Waals surface area contributed by atoms with Gasteiger partial charge in [-0.2, -0.15) is 0 Å². The van der Waals surface area contributed by atoms with Crippen molar-refractivity contribution < 1.29 is 9.53 Å². The summed E-state index contributed by atoms with van der Waals surface area (Å²) in [6, 6.07) is 1.58. The first-order valence-electron chi connectivity index (χ1n) is 6.67. The predicted molar refractivity (Wildman–Crippen MR) is 75.1 cm³/mol. The van der Waals surface area contributed by atoms with Gasteiger partial charge >= 0.3 is 5.97 Å². The quantitative estimate of drug-likeness (QED) is 0.820. The van der Waals surface area contributed by atoms with Crippen molar-refractivity contribution in [2.24, 2.45) is 0 Å². The van der Waals surface area contributed by atoms with E-state index in [1.807, 2.05) is 0 Å². The van der Waals surface area contributed by atoms with Crippen molar-refractivity contribution in [3.8, 4) is 0 Å². The maximum Gasteiger partial charge on any atom is 0.340 e. The summed E-state index contributed by atoms with van der Waals surface area (Å²) in [6.07, 6.45) is 7.47. The van der Waals surface area contributed by atoms with E-state index in [0.29, 0.717) is 17.1 Å². The molecule has 0 unspecified atom stereocenters. The third-order valence-corrected chi connectivity index (χ3v) is 3.77. The Bertz CT molecular complexity index is 468. The molecule has 5 heteroatoms. The van der Waals surface area contributed by atoms with Crippen LogP contribution < -0.4 is 11.1 Å². The van der Waals surface area contributed by atoms with Crippen LogP contribution in [0.15, 0.2) is 12.3 Å². The largest absolute Gasteiger partial charge is 0.465 e. The van der Waals surface area contributed by atoms with Crippen LogP contribution in [0.4, 0.5) is 11.5 Å². The van der Waals surface area contributed by atoms with Gasteiger partial charge in [0.15, 0.2) is 0 Å². The standard InChI is InChI=1S/C14H21N3O2/c1-14(7-4-3-5-8-14)17-12-11(15)10(6-9-16-12)13(18)19-2/h6,9H,3-5,7-8,15H2,1-2H3,(H,16,17). The van der Waals surface area contributed by atoms with Crippen LogP contribution in [0.5, 0.6) is 0 Å². The van der Waals surface area contributed by atoms with Gasteiger partial charge in [-0.15, -0.1) is 0 Å². The molecule has 3 N–H and O–H groups in total. The number of esters is 1. The van der Waals surface area contributed by atoms with Crippen molar-refractivity contribution in [2.45, 2.75) is 44.6 Å². The van der Waals surface area contributed by atoms with E-state index in [0.717, 1.165) is 12.8 Å². The third kappa shape index (κ3) is 2.97. The summed E-state index contributed by atoms with van der Waals surface area (Å²) in [6.45, 7) is 2.18. The molecular weight excluding hydrogens is 242 g/mol. The number of carbonyl (C=O) groups is 1. The van der Waals surface area contributed by atoms with Crippen LogP contribution in [0, 0.1) is 0 Å². The Balaban J connectivity index is 2.23. The van der Waals surface area contributed by atoms with Crippen LogP contribution in [-0.4, -0.2) is 23.6 Å². The Morgan fingerprint density at radius 3 is 2.74 bits per heavy atom. The first kappa shape index (κ1) is 13.6. The maximum absolute atomic E-state index is 11.6. The number of nitrogens with zero attached hydrogens (tertiary/aromatic N) is 1. The van der Waals surface area contributed by atoms with Gasteiger partial charge in [-0.05, 0) is 25.8 Å². The number of hydrogen-bond donors (Lipinski definition) is 2. The van der Waals surface area contributed by atoms with Crippen LogP contribution in [0.3, 0.4) is 0 Å². The molecule has 0 spiro atoms. The lowest BCUT2D eigenvalue weighted by molar-refractivity contribution is 0.0602. The minimum absolute atomic E-state index is 0.00805. The minimum Gasteiger partial charge on any atom is -0.465 e. The second-order valence-electron chi connectivity index (χ2n) is 5.36. The van der Waals surface area contributed by atoms with E-state index >= 15 is 0 Å². The van der Waals surface area contributed by atoms with Gasteiger partial charge in [-0.3, -0.25) is 0 Å². The fraction of sp³-hybridized carbons (Fsp3) is 0.571. The summed E-state index contributed by atoms with van der Waals surface area (Å²) in [5, 5.41) is 3.40. The molecule has 1 saturated carbocycles. The number of aromatic nitrogens is 1. The molecule has 1 fully saturated rings. The normalized spacial score (nSPS) is 17.8. The molecule has 0 bridgehead atoms. The molecule has 19 heavy (non-hydrogen) atoms. The van der Waals surface area contributed by atoms with Gasteiger partial charge in [-0.1, -0.05) is 19.3 Å². The van der Waals surface area contributed by atoms with Crippen LogP contribution >= 0.6 is 0 Å². The number of rotatable bonds is 3. The van der Waals surface area contributed by atoms with Gasteiger partial charge in [0, 0.05) is 11.7 Å². The Morgan fingerprint density at radius 2 is 2.11 bits per heavy atom. The van der Waals surface area contributed by atoms with Crippen LogP contribution in [0.25, 0.3) is 0 Å². The molecule has 2 rings (SSSR count). The van der Waals surface area contributed by atoms with E-state index in [1.165, 1.54) is 26.4 Å². The summed E-state index contributed by atoms with van der Waals surface area (Å²) in [4.78, 5) is 15.9. The zero-order valence-electron chi connectivity index (χ0n) is 11.5. The summed E-state index contributed by atoms with van der Waals surface area (Å²) >= 11 is 0. The molecule has 0 atom stereocenters. The lowest BCUT2D eigenvalue weighted by Crippen LogP contribution is -2.37. The lowest BCUT2D eigenvalue weighted by atomic mass is 9.83. The first-order chi connectivity index (χ1) is 9.06. The molecular formula is C14H21N3O2. The molecule has 0 aromatic carbocycles. The third-order valence-electron chi connectivity index (χ3n) is 3.77. The number of hydrogen-bond acceptors (Lipinski definition) is 5. The number of methoxy groups -OCH3 is 1. The second kappa shape index (κ2) is 5.47. The average molecular weight is 263 g/mol. The summed E-state index contributed by atoms with van der Waals surface area (Å²) in [7, 11) is 1.34. The molecule has 1 aliphatic carbocycles. The number of anilines is 2. The number of ether oxygens (including phenoxy) is 1. The van der Waals surface area contributed by atoms with Crippen molar-refractivity contribution in [2.75, 3.05) is 18.2 Å². The van der Waals surface area contributed by atoms with Crippen molar-refractivity contribution in [3.63, 3.8) is 0 Å². The Labute approximate surface area is 113 Å². The van der Waals surface area contributed by atoms with Crippen LogP contribution in [0.1, 0.15) is 49.4 Å². The Morgan fingerprint density at radius 1 is 1.42 bits per heavy atom. The molecule has 0 aliphatic heterocycles. The highest BCUT2D eigenvalue weighted by Gasteiger charge is 2.28. The molecule has 1 aromatic heterocycles. The van der Waals surface area contributed by atoms with Crippen LogP contribution in [0.2, 0.25) is 0 Å². The van der Waals surface area contributed by atoms with E-state index < -0.39 is 5.97 Å². The lowest BCUT2D eigenvalue weighted by Gasteiger charge is -2.35. The smallest absolute Gasteiger partial charge is 0.340 e. The average Bonchev–Trinajstić information content (AvgIpc) is 2.41. The molecule has 1 aliphatic rings. The zero-order chi connectivity index (χ0) is 13.9. The Hall–Kier alpha value is -1.78. The summed E-state index contributed by atoms with van der Waals surface area (Å²) in [5.74, 6) is 0.143. The molecule has 5 nitrogen and oxygen atoms in total. The monoisotopic (exact) mass is 263 g/mol. The van der Waals surface area contributed by atoms with Gasteiger partial charge in [0.1, 0.15) is 5.82 Å². The second-order valence-corrected chi connectivity index (χ2v) is 5.36. The van der Waals surface area contributed by atoms with Crippen LogP contribution in [-0.2, 0) is 4.74 Å². The van der Waals surface area contributed by atoms with E-state index in [9.17, 15) is 4.79 Å². The van der Waals surface area contributed by atoms with Crippen molar-refractivity contribution in [1.82, 2.24) is 4.98 Å². The molecule has 0 saturated heterocycles. The van der Waals surface area contributed by atoms with Gasteiger partial charge in [0.05, 0.1) is 18.4 Å². The van der Waals surface area contributed by atoms with E-state index in [2.05, 4.69) is 17.2 Å². The molecule has 1 heterocycles. The van der Waals surface area contributed by atoms with Crippen molar-refractivity contribution >= 4 is 17.5 Å². The summed E-state index contributed by atoms with van der Waals surface area (Å²) in [5.41, 5.74) is 6.74. The number of nitrogen functional groups attached to an aromatic ring is 1. The topological polar surface area (TPSA) is 77.2 Å². The first-order valence-corrected chi connectivity index (χ1v) is 6.67. The van der Waals surface area contributed by atoms with E-state index in [1.54, 1.807) is 12.3 Å². The highest BCUT2D eigenvalue weighted by atomic mass is 16.5. The molecule has 104 valence electrons. The number of nitrogens with two attached hydrogens (primary N) is 1. The minimum atomic E-state index is -0.434. The molecule has 1 aromatic rings. The van der Waals surface area contributed by atoms with Crippen molar-refractivity contribution in [3.05, 3.63) is 17.8 Å². The SMILES string of the molecule is COC(=O)c1ccnc(NC2(C)CCCCC2)c1N. The number of nitrogens with one attached hydrogen (secondary N) is 1. The number of carbonyl (C=O) groups excluding carboxylic acids is 1. The predicted octanol–water partition coefficient (Wildman–Crippen LogP) is 2.59. The van der Waals surface area contributed by atoms with E-state index in [-0.39, 0.29) is 5.54 Å². The van der Waals surface area contributed by atoms with Gasteiger partial charge in [-0.25, -0.2) is 9.78 Å². The highest BCUT2D eigenvalue weighted by molar-refractivity contribution is 5.97. The van der Waals surface area contributed by atoms with Gasteiger partial charge in [0.25, 0.3) is 0 Å². The van der Waals surface area contributed by atoms with E-state index in [4.69, 9.17) is 10.5 Å². The van der Waals surface area contributed by atoms with Crippen molar-refractivity contribution in [1.29, 1.82) is 0 Å². The van der Waals surface area contributed by atoms with Gasteiger partial charge in [0.2, 0.25) is 0 Å².